The fraction of sp³-hybridized carbons (Fsp3) is 0.167. The van der Waals surface area contributed by atoms with Gasteiger partial charge in [0.2, 0.25) is 6.33 Å². The van der Waals surface area contributed by atoms with E-state index in [9.17, 15) is 0 Å². The van der Waals surface area contributed by atoms with E-state index in [1.807, 2.05) is 18.2 Å². The van der Waals surface area contributed by atoms with E-state index in [1.54, 1.807) is 0 Å². The van der Waals surface area contributed by atoms with Crippen LogP contribution in [-0.4, -0.2) is 4.57 Å². The van der Waals surface area contributed by atoms with Crippen LogP contribution < -0.4 is 28.5 Å². The Morgan fingerprint density at radius 2 is 1.77 bits per heavy atom. The van der Waals surface area contributed by atoms with E-state index in [0.717, 1.165) is 22.2 Å². The normalized spacial score (nSPS) is 11.2. The Morgan fingerprint density at radius 3 is 2.55 bits per heavy atom. The lowest BCUT2D eigenvalue weighted by molar-refractivity contribution is -0.715. The van der Waals surface area contributed by atoms with E-state index in [-0.39, 0.29) is 24.0 Å². The number of para-hydroxylation sites is 2. The summed E-state index contributed by atoms with van der Waals surface area (Å²) in [5, 5.41) is 2.33. The molecule has 0 atom stereocenters. The first-order valence-electron chi connectivity index (χ1n) is 7.23. The van der Waals surface area contributed by atoms with Gasteiger partial charge in [0.1, 0.15) is 18.0 Å². The van der Waals surface area contributed by atoms with Gasteiger partial charge in [0.05, 0.1) is 6.04 Å². The predicted octanol–water partition coefficient (Wildman–Crippen LogP) is 1.25. The van der Waals surface area contributed by atoms with Gasteiger partial charge < -0.3 is 28.4 Å². The first kappa shape index (κ1) is 15.1. The monoisotopic (exact) mass is 404 g/mol. The van der Waals surface area contributed by atoms with Gasteiger partial charge in [-0.05, 0) is 26.0 Å². The van der Waals surface area contributed by atoms with Crippen molar-refractivity contribution in [1.82, 2.24) is 4.57 Å². The van der Waals surface area contributed by atoms with Crippen molar-refractivity contribution in [3.05, 3.63) is 61.2 Å². The molecule has 0 fully saturated rings. The maximum atomic E-state index is 6.08. The highest BCUT2D eigenvalue weighted by molar-refractivity contribution is 6.07. The third kappa shape index (κ3) is 2.31. The molecule has 3 nitrogen and oxygen atoms in total. The number of furan rings is 1. The molecule has 2 aromatic carbocycles. The molecule has 0 aliphatic carbocycles. The summed E-state index contributed by atoms with van der Waals surface area (Å²) in [6.45, 7) is 4.35. The Hall–Kier alpha value is -1.82. The lowest BCUT2D eigenvalue weighted by Gasteiger charge is -1.99. The van der Waals surface area contributed by atoms with Gasteiger partial charge in [-0.15, -0.1) is 0 Å². The third-order valence-corrected chi connectivity index (χ3v) is 3.92. The standard InChI is InChI=1S/C18H17N2O.HI/c1-13(2)19-10-11-20(12-19)16-8-5-7-15-14-6-3-4-9-17(14)21-18(15)16;/h3-13H,1-2H3;1H/q+1;/p-1. The smallest absolute Gasteiger partial charge is 0.249 e. The van der Waals surface area contributed by atoms with Crippen LogP contribution >= 0.6 is 0 Å². The van der Waals surface area contributed by atoms with Crippen LogP contribution in [0.15, 0.2) is 65.6 Å². The van der Waals surface area contributed by atoms with Gasteiger partial charge in [-0.3, -0.25) is 0 Å². The molecule has 0 amide bonds. The second kappa shape index (κ2) is 5.76. The maximum absolute atomic E-state index is 6.08. The quantitative estimate of drug-likeness (QED) is 0.364. The van der Waals surface area contributed by atoms with E-state index in [1.165, 1.54) is 5.39 Å². The molecule has 2 aromatic heterocycles. The summed E-state index contributed by atoms with van der Waals surface area (Å²) in [5.41, 5.74) is 2.94. The topological polar surface area (TPSA) is 21.9 Å². The zero-order chi connectivity index (χ0) is 14.4. The summed E-state index contributed by atoms with van der Waals surface area (Å²) in [6.07, 6.45) is 6.26. The number of hydrogen-bond donors (Lipinski definition) is 0. The Balaban J connectivity index is 0.00000144. The molecule has 0 N–H and O–H groups in total. The molecule has 4 heteroatoms. The highest BCUT2D eigenvalue weighted by atomic mass is 127. The number of rotatable bonds is 2. The largest absolute Gasteiger partial charge is 1.00 e. The van der Waals surface area contributed by atoms with Gasteiger partial charge in [-0.1, -0.05) is 30.3 Å². The molecule has 22 heavy (non-hydrogen) atoms. The van der Waals surface area contributed by atoms with Crippen molar-refractivity contribution in [2.75, 3.05) is 0 Å². The summed E-state index contributed by atoms with van der Waals surface area (Å²) >= 11 is 0. The fourth-order valence-corrected chi connectivity index (χ4v) is 2.75. The zero-order valence-corrected chi connectivity index (χ0v) is 14.7. The number of imidazole rings is 1. The van der Waals surface area contributed by atoms with Crippen molar-refractivity contribution in [3.63, 3.8) is 0 Å². The average Bonchev–Trinajstić information content (AvgIpc) is 3.11. The van der Waals surface area contributed by atoms with E-state index in [0.29, 0.717) is 6.04 Å². The van der Waals surface area contributed by atoms with Gasteiger partial charge in [-0.25, -0.2) is 4.57 Å². The van der Waals surface area contributed by atoms with Crippen LogP contribution in [0.2, 0.25) is 0 Å². The summed E-state index contributed by atoms with van der Waals surface area (Å²) < 4.78 is 10.4. The van der Waals surface area contributed by atoms with Crippen molar-refractivity contribution in [3.8, 4) is 5.69 Å². The van der Waals surface area contributed by atoms with Crippen LogP contribution in [0.25, 0.3) is 27.6 Å². The number of nitrogens with zero attached hydrogens (tertiary/aromatic N) is 2. The van der Waals surface area contributed by atoms with Crippen molar-refractivity contribution < 1.29 is 33.0 Å². The maximum Gasteiger partial charge on any atom is 0.249 e. The molecule has 112 valence electrons. The molecule has 4 aromatic rings. The van der Waals surface area contributed by atoms with Crippen LogP contribution in [0.4, 0.5) is 0 Å². The summed E-state index contributed by atoms with van der Waals surface area (Å²) in [4.78, 5) is 0. The average molecular weight is 404 g/mol. The minimum atomic E-state index is 0. The third-order valence-electron chi connectivity index (χ3n) is 3.92. The predicted molar refractivity (Wildman–Crippen MR) is 83.6 cm³/mol. The number of hydrogen-bond acceptors (Lipinski definition) is 1. The summed E-state index contributed by atoms with van der Waals surface area (Å²) in [7, 11) is 0. The number of aromatic nitrogens is 2. The first-order valence-corrected chi connectivity index (χ1v) is 7.23. The van der Waals surface area contributed by atoms with Crippen LogP contribution in [0, 0.1) is 0 Å². The molecule has 0 aliphatic heterocycles. The summed E-state index contributed by atoms with van der Waals surface area (Å²) in [5.74, 6) is 0. The second-order valence-electron chi connectivity index (χ2n) is 5.61. The highest BCUT2D eigenvalue weighted by Gasteiger charge is 2.16. The van der Waals surface area contributed by atoms with Crippen LogP contribution in [0.3, 0.4) is 0 Å². The summed E-state index contributed by atoms with van der Waals surface area (Å²) in [6, 6.07) is 14.9. The lowest BCUT2D eigenvalue weighted by atomic mass is 10.1. The van der Waals surface area contributed by atoms with Crippen molar-refractivity contribution in [1.29, 1.82) is 0 Å². The number of benzene rings is 2. The lowest BCUT2D eigenvalue weighted by Crippen LogP contribution is -3.00. The minimum absolute atomic E-state index is 0. The molecule has 0 saturated carbocycles. The van der Waals surface area contributed by atoms with Crippen molar-refractivity contribution in [2.24, 2.45) is 0 Å². The number of fused-ring (bicyclic) bond motifs is 3. The molecule has 0 bridgehead atoms. The second-order valence-corrected chi connectivity index (χ2v) is 5.61. The van der Waals surface area contributed by atoms with Gasteiger partial charge in [0.15, 0.2) is 11.3 Å². The van der Waals surface area contributed by atoms with Gasteiger partial charge in [-0.2, -0.15) is 4.57 Å². The number of halogens is 1. The zero-order valence-electron chi connectivity index (χ0n) is 12.5. The van der Waals surface area contributed by atoms with Crippen LogP contribution in [-0.2, 0) is 0 Å². The Kier molecular flexibility index (Phi) is 3.95. The van der Waals surface area contributed by atoms with E-state index < -0.39 is 0 Å². The van der Waals surface area contributed by atoms with E-state index in [2.05, 4.69) is 66.0 Å². The molecular formula is C18H17IN2O. The van der Waals surface area contributed by atoms with Crippen LogP contribution in [0.1, 0.15) is 19.9 Å². The van der Waals surface area contributed by atoms with E-state index >= 15 is 0 Å². The van der Waals surface area contributed by atoms with Crippen molar-refractivity contribution in [2.45, 2.75) is 19.9 Å². The van der Waals surface area contributed by atoms with Gasteiger partial charge in [0, 0.05) is 10.8 Å². The SMILES string of the molecule is CC(C)[n+]1ccn(-c2cccc3c2oc2ccccc23)c1.[I-]. The Morgan fingerprint density at radius 1 is 1.00 bits per heavy atom. The molecule has 0 saturated heterocycles. The highest BCUT2D eigenvalue weighted by Crippen LogP contribution is 2.32. The minimum Gasteiger partial charge on any atom is -1.00 e. The Bertz CT molecular complexity index is 936. The Labute approximate surface area is 146 Å². The molecule has 4 rings (SSSR count). The van der Waals surface area contributed by atoms with E-state index in [4.69, 9.17) is 4.42 Å². The molecule has 0 radical (unpaired) electrons. The molecule has 0 unspecified atom stereocenters. The van der Waals surface area contributed by atoms with Gasteiger partial charge in [0.25, 0.3) is 0 Å². The van der Waals surface area contributed by atoms with Crippen LogP contribution in [0.5, 0.6) is 0 Å². The molecular weight excluding hydrogens is 387 g/mol. The molecule has 2 heterocycles. The van der Waals surface area contributed by atoms with Crippen molar-refractivity contribution >= 4 is 21.9 Å². The first-order chi connectivity index (χ1) is 10.2. The fourth-order valence-electron chi connectivity index (χ4n) is 2.75. The molecule has 0 spiro atoms. The molecule has 0 aliphatic rings. The van der Waals surface area contributed by atoms with Gasteiger partial charge >= 0.3 is 0 Å².